The van der Waals surface area contributed by atoms with E-state index in [0.29, 0.717) is 22.2 Å². The minimum Gasteiger partial charge on any atom is -0.357 e. The van der Waals surface area contributed by atoms with Gasteiger partial charge in [-0.3, -0.25) is 9.59 Å². The molecule has 0 aliphatic carbocycles. The summed E-state index contributed by atoms with van der Waals surface area (Å²) in [5.41, 5.74) is 4.07. The third-order valence-electron chi connectivity index (χ3n) is 5.49. The Morgan fingerprint density at radius 2 is 1.68 bits per heavy atom. The van der Waals surface area contributed by atoms with E-state index < -0.39 is 6.04 Å². The molecule has 4 nitrogen and oxygen atoms in total. The number of thioether (sulfide) groups is 1. The maximum absolute atomic E-state index is 13.5. The Hall–Kier alpha value is -2.47. The van der Waals surface area contributed by atoms with Crippen molar-refractivity contribution in [2.45, 2.75) is 31.7 Å². The van der Waals surface area contributed by atoms with Gasteiger partial charge in [0.05, 0.1) is 5.75 Å². The van der Waals surface area contributed by atoms with Gasteiger partial charge in [-0.1, -0.05) is 89.4 Å². The second-order valence-corrected chi connectivity index (χ2v) is 9.88. The van der Waals surface area contributed by atoms with Gasteiger partial charge in [-0.15, -0.1) is 11.8 Å². The summed E-state index contributed by atoms with van der Waals surface area (Å²) in [6.45, 7) is 2.26. The molecule has 3 aromatic carbocycles. The van der Waals surface area contributed by atoms with Gasteiger partial charge in [0.25, 0.3) is 0 Å². The van der Waals surface area contributed by atoms with Gasteiger partial charge in [0.15, 0.2) is 0 Å². The van der Waals surface area contributed by atoms with Crippen molar-refractivity contribution in [2.75, 3.05) is 12.8 Å². The lowest BCUT2D eigenvalue weighted by atomic mass is 10.0. The van der Waals surface area contributed by atoms with Crippen LogP contribution in [-0.4, -0.2) is 35.6 Å². The Labute approximate surface area is 215 Å². The summed E-state index contributed by atoms with van der Waals surface area (Å²) in [7, 11) is 1.59. The van der Waals surface area contributed by atoms with E-state index in [1.54, 1.807) is 30.1 Å². The van der Waals surface area contributed by atoms with Gasteiger partial charge in [0, 0.05) is 35.8 Å². The van der Waals surface area contributed by atoms with Crippen LogP contribution in [-0.2, 0) is 28.3 Å². The van der Waals surface area contributed by atoms with Crippen molar-refractivity contribution < 1.29 is 9.59 Å². The molecule has 3 aromatic rings. The quantitative estimate of drug-likeness (QED) is 0.365. The highest BCUT2D eigenvalue weighted by Gasteiger charge is 2.30. The standard InChI is InChI=1S/C27H28Cl2N2O2S/c1-19-8-10-21(11-9-19)17-34-18-26(32)31(16-22-12-13-23(28)15-24(22)29)25(27(33)30-2)14-20-6-4-3-5-7-20/h3-13,15,25H,14,16-18H2,1-2H3,(H,30,33). The van der Waals surface area contributed by atoms with Gasteiger partial charge in [-0.05, 0) is 35.7 Å². The normalized spacial score (nSPS) is 11.6. The minimum atomic E-state index is -0.674. The number of halogens is 2. The number of benzene rings is 3. The van der Waals surface area contributed by atoms with Crippen LogP contribution in [0.15, 0.2) is 72.8 Å². The first-order valence-electron chi connectivity index (χ1n) is 11.0. The minimum absolute atomic E-state index is 0.118. The fourth-order valence-corrected chi connectivity index (χ4v) is 4.92. The van der Waals surface area contributed by atoms with Crippen molar-refractivity contribution in [1.29, 1.82) is 0 Å². The fourth-order valence-electron chi connectivity index (χ4n) is 3.58. The monoisotopic (exact) mass is 514 g/mol. The Morgan fingerprint density at radius 1 is 0.971 bits per heavy atom. The Balaban J connectivity index is 1.83. The molecule has 34 heavy (non-hydrogen) atoms. The number of likely N-dealkylation sites (N-methyl/N-ethyl adjacent to an activating group) is 1. The predicted octanol–water partition coefficient (Wildman–Crippen LogP) is 5.92. The van der Waals surface area contributed by atoms with Crippen LogP contribution in [0.1, 0.15) is 22.3 Å². The summed E-state index contributed by atoms with van der Waals surface area (Å²) in [6.07, 6.45) is 0.403. The number of carbonyl (C=O) groups is 2. The molecule has 0 heterocycles. The lowest BCUT2D eigenvalue weighted by molar-refractivity contribution is -0.139. The first-order valence-corrected chi connectivity index (χ1v) is 12.9. The van der Waals surface area contributed by atoms with Crippen molar-refractivity contribution in [1.82, 2.24) is 10.2 Å². The molecule has 0 aliphatic heterocycles. The van der Waals surface area contributed by atoms with Crippen molar-refractivity contribution in [3.63, 3.8) is 0 Å². The molecule has 178 valence electrons. The number of hydrogen-bond donors (Lipinski definition) is 1. The number of rotatable bonds is 10. The van der Waals surface area contributed by atoms with Gasteiger partial charge in [-0.25, -0.2) is 0 Å². The maximum atomic E-state index is 13.5. The molecule has 3 rings (SSSR count). The third-order valence-corrected chi connectivity index (χ3v) is 7.06. The second kappa shape index (κ2) is 12.8. The topological polar surface area (TPSA) is 49.4 Å². The molecule has 7 heteroatoms. The number of nitrogens with zero attached hydrogens (tertiary/aromatic N) is 1. The molecule has 1 unspecified atom stereocenters. The molecule has 0 spiro atoms. The summed E-state index contributed by atoms with van der Waals surface area (Å²) in [4.78, 5) is 28.1. The van der Waals surface area contributed by atoms with Crippen molar-refractivity contribution >= 4 is 46.8 Å². The maximum Gasteiger partial charge on any atom is 0.242 e. The lowest BCUT2D eigenvalue weighted by Crippen LogP contribution is -2.50. The fraction of sp³-hybridized carbons (Fsp3) is 0.259. The average Bonchev–Trinajstić information content (AvgIpc) is 2.83. The molecular formula is C27H28Cl2N2O2S. The molecule has 0 saturated heterocycles. The van der Waals surface area contributed by atoms with Crippen molar-refractivity contribution in [2.24, 2.45) is 0 Å². The molecule has 0 bridgehead atoms. The van der Waals surface area contributed by atoms with E-state index in [1.807, 2.05) is 37.3 Å². The summed E-state index contributed by atoms with van der Waals surface area (Å²) < 4.78 is 0. The number of amides is 2. The zero-order valence-corrected chi connectivity index (χ0v) is 21.6. The van der Waals surface area contributed by atoms with E-state index in [1.165, 1.54) is 17.3 Å². The van der Waals surface area contributed by atoms with Gasteiger partial charge >= 0.3 is 0 Å². The molecule has 1 N–H and O–H groups in total. The van der Waals surface area contributed by atoms with Crippen LogP contribution >= 0.6 is 35.0 Å². The van der Waals surface area contributed by atoms with Crippen molar-refractivity contribution in [3.8, 4) is 0 Å². The Bertz CT molecular complexity index is 1110. The summed E-state index contributed by atoms with van der Waals surface area (Å²) in [5, 5.41) is 3.71. The van der Waals surface area contributed by atoms with E-state index in [0.717, 1.165) is 16.7 Å². The van der Waals surface area contributed by atoms with Crippen LogP contribution in [0.5, 0.6) is 0 Å². The van der Waals surface area contributed by atoms with Gasteiger partial charge in [-0.2, -0.15) is 0 Å². The van der Waals surface area contributed by atoms with Gasteiger partial charge in [0.1, 0.15) is 6.04 Å². The van der Waals surface area contributed by atoms with E-state index >= 15 is 0 Å². The number of carbonyl (C=O) groups excluding carboxylic acids is 2. The lowest BCUT2D eigenvalue weighted by Gasteiger charge is -2.31. The zero-order valence-electron chi connectivity index (χ0n) is 19.3. The first kappa shape index (κ1) is 26.1. The molecule has 0 aliphatic rings. The smallest absolute Gasteiger partial charge is 0.242 e. The van der Waals surface area contributed by atoms with E-state index in [2.05, 4.69) is 29.6 Å². The Morgan fingerprint density at radius 3 is 2.32 bits per heavy atom. The molecule has 2 amide bonds. The van der Waals surface area contributed by atoms with E-state index in [9.17, 15) is 9.59 Å². The third kappa shape index (κ3) is 7.52. The number of nitrogens with one attached hydrogen (secondary N) is 1. The molecule has 0 radical (unpaired) electrons. The van der Waals surface area contributed by atoms with Gasteiger partial charge in [0.2, 0.25) is 11.8 Å². The van der Waals surface area contributed by atoms with Crippen LogP contribution in [0.4, 0.5) is 0 Å². The van der Waals surface area contributed by atoms with Gasteiger partial charge < -0.3 is 10.2 Å². The number of hydrogen-bond acceptors (Lipinski definition) is 3. The average molecular weight is 516 g/mol. The van der Waals surface area contributed by atoms with E-state index in [4.69, 9.17) is 23.2 Å². The second-order valence-electron chi connectivity index (χ2n) is 8.06. The summed E-state index contributed by atoms with van der Waals surface area (Å²) in [6, 6.07) is 22.5. The van der Waals surface area contributed by atoms with Crippen LogP contribution < -0.4 is 5.32 Å². The number of aryl methyl sites for hydroxylation is 1. The first-order chi connectivity index (χ1) is 16.4. The van der Waals surface area contributed by atoms with Crippen molar-refractivity contribution in [3.05, 3.63) is 105 Å². The SMILES string of the molecule is CNC(=O)C(Cc1ccccc1)N(Cc1ccc(Cl)cc1Cl)C(=O)CSCc1ccc(C)cc1. The largest absolute Gasteiger partial charge is 0.357 e. The van der Waals surface area contributed by atoms with Crippen LogP contribution in [0, 0.1) is 6.92 Å². The molecule has 0 aromatic heterocycles. The highest BCUT2D eigenvalue weighted by Crippen LogP contribution is 2.25. The van der Waals surface area contributed by atoms with Crippen LogP contribution in [0.25, 0.3) is 0 Å². The van der Waals surface area contributed by atoms with Crippen LogP contribution in [0.3, 0.4) is 0 Å². The molecule has 1 atom stereocenters. The predicted molar refractivity (Wildman–Crippen MR) is 142 cm³/mol. The molecule has 0 saturated carbocycles. The zero-order chi connectivity index (χ0) is 24.5. The van der Waals surface area contributed by atoms with E-state index in [-0.39, 0.29) is 24.1 Å². The highest BCUT2D eigenvalue weighted by atomic mass is 35.5. The molecule has 0 fully saturated rings. The highest BCUT2D eigenvalue weighted by molar-refractivity contribution is 7.99. The Kier molecular flexibility index (Phi) is 9.87. The van der Waals surface area contributed by atoms with Crippen LogP contribution in [0.2, 0.25) is 10.0 Å². The summed E-state index contributed by atoms with van der Waals surface area (Å²) >= 11 is 14.0. The molecular weight excluding hydrogens is 487 g/mol. The summed E-state index contributed by atoms with van der Waals surface area (Å²) in [5.74, 6) is 0.630.